The van der Waals surface area contributed by atoms with Crippen LogP contribution in [-0.4, -0.2) is 45.1 Å². The van der Waals surface area contributed by atoms with Gasteiger partial charge < -0.3 is 18.8 Å². The number of imidazole rings is 1. The van der Waals surface area contributed by atoms with Crippen LogP contribution in [0, 0.1) is 5.92 Å². The molecule has 0 amide bonds. The number of aromatic nitrogens is 3. The molecule has 4 rings (SSSR count). The van der Waals surface area contributed by atoms with Gasteiger partial charge in [0.05, 0.1) is 36.5 Å². The zero-order valence-electron chi connectivity index (χ0n) is 17.5. The van der Waals surface area contributed by atoms with E-state index in [1.54, 1.807) is 6.20 Å². The van der Waals surface area contributed by atoms with Gasteiger partial charge in [-0.3, -0.25) is 9.97 Å². The zero-order valence-corrected chi connectivity index (χ0v) is 18.3. The Morgan fingerprint density at radius 3 is 2.73 bits per heavy atom. The first-order valence-corrected chi connectivity index (χ1v) is 11.5. The quantitative estimate of drug-likeness (QED) is 0.577. The van der Waals surface area contributed by atoms with E-state index in [4.69, 9.17) is 14.2 Å². The van der Waals surface area contributed by atoms with Crippen LogP contribution >= 0.6 is 0 Å². The van der Waals surface area contributed by atoms with Crippen molar-refractivity contribution in [2.45, 2.75) is 43.9 Å². The highest BCUT2D eigenvalue weighted by atomic mass is 32.2. The number of benzene rings is 1. The van der Waals surface area contributed by atoms with Gasteiger partial charge in [-0.2, -0.15) is 4.98 Å². The van der Waals surface area contributed by atoms with Crippen LogP contribution in [0.15, 0.2) is 41.7 Å². The SMILES string of the molecule is CCc1c(OCC2COC(C)(C)OC2)ccnc1C[S+]([O-])c1nc2ccccc2[nH]1. The van der Waals surface area contributed by atoms with Crippen molar-refractivity contribution in [1.82, 2.24) is 15.0 Å². The molecule has 160 valence electrons. The molecule has 2 aromatic heterocycles. The Morgan fingerprint density at radius 2 is 2.00 bits per heavy atom. The lowest BCUT2D eigenvalue weighted by Crippen LogP contribution is -2.41. The molecule has 1 aromatic carbocycles. The lowest BCUT2D eigenvalue weighted by atomic mass is 10.1. The first kappa shape index (κ1) is 21.1. The smallest absolute Gasteiger partial charge is 0.322 e. The minimum Gasteiger partial charge on any atom is -0.609 e. The molecule has 0 radical (unpaired) electrons. The van der Waals surface area contributed by atoms with Crippen molar-refractivity contribution in [2.24, 2.45) is 5.92 Å². The number of H-pyrrole nitrogens is 1. The minimum atomic E-state index is -1.33. The monoisotopic (exact) mass is 429 g/mol. The van der Waals surface area contributed by atoms with Crippen molar-refractivity contribution in [3.8, 4) is 5.75 Å². The van der Waals surface area contributed by atoms with Crippen molar-refractivity contribution in [3.63, 3.8) is 0 Å². The molecule has 1 aliphatic rings. The number of ether oxygens (including phenoxy) is 3. The first-order valence-electron chi connectivity index (χ1n) is 10.2. The van der Waals surface area contributed by atoms with E-state index in [-0.39, 0.29) is 11.7 Å². The Balaban J connectivity index is 1.44. The normalized spacial score (nSPS) is 17.9. The fraction of sp³-hybridized carbons (Fsp3) is 0.455. The van der Waals surface area contributed by atoms with E-state index in [0.717, 1.165) is 34.5 Å². The van der Waals surface area contributed by atoms with Gasteiger partial charge in [0, 0.05) is 28.9 Å². The number of fused-ring (bicyclic) bond motifs is 1. The molecule has 3 heterocycles. The standard InChI is InChI=1S/C22H27N3O4S/c1-4-16-19(14-30(26)21-24-17-7-5-6-8-18(17)25-21)23-10-9-20(16)27-11-15-12-28-22(2,3)29-13-15/h5-10,15H,4,11-14H2,1-3H3,(H,24,25). The molecule has 0 aliphatic carbocycles. The van der Waals surface area contributed by atoms with Gasteiger partial charge in [0.1, 0.15) is 5.75 Å². The molecule has 1 saturated heterocycles. The summed E-state index contributed by atoms with van der Waals surface area (Å²) in [5.74, 6) is 0.692. The van der Waals surface area contributed by atoms with E-state index in [9.17, 15) is 4.55 Å². The van der Waals surface area contributed by atoms with Crippen molar-refractivity contribution in [2.75, 3.05) is 19.8 Å². The van der Waals surface area contributed by atoms with Gasteiger partial charge in [-0.15, -0.1) is 0 Å². The maximum absolute atomic E-state index is 12.9. The van der Waals surface area contributed by atoms with Gasteiger partial charge in [-0.05, 0) is 38.5 Å². The van der Waals surface area contributed by atoms with E-state index in [1.807, 2.05) is 51.1 Å². The van der Waals surface area contributed by atoms with Crippen LogP contribution < -0.4 is 4.74 Å². The summed E-state index contributed by atoms with van der Waals surface area (Å²) in [6.07, 6.45) is 2.44. The Bertz CT molecular complexity index is 964. The molecule has 0 bridgehead atoms. The largest absolute Gasteiger partial charge is 0.609 e. The highest BCUT2D eigenvalue weighted by Gasteiger charge is 2.29. The summed E-state index contributed by atoms with van der Waals surface area (Å²) in [6, 6.07) is 9.52. The van der Waals surface area contributed by atoms with Crippen LogP contribution in [0.1, 0.15) is 32.0 Å². The number of rotatable bonds is 7. The molecule has 0 spiro atoms. The summed E-state index contributed by atoms with van der Waals surface area (Å²) in [5, 5.41) is 0.463. The van der Waals surface area contributed by atoms with Gasteiger partial charge in [0.25, 0.3) is 0 Å². The molecule has 8 heteroatoms. The molecular weight excluding hydrogens is 402 g/mol. The number of nitrogens with zero attached hydrogens (tertiary/aromatic N) is 2. The topological polar surface area (TPSA) is 92.3 Å². The average molecular weight is 430 g/mol. The summed E-state index contributed by atoms with van der Waals surface area (Å²) in [7, 11) is 0. The lowest BCUT2D eigenvalue weighted by molar-refractivity contribution is -0.264. The molecule has 3 aromatic rings. The molecule has 1 unspecified atom stereocenters. The molecule has 7 nitrogen and oxygen atoms in total. The Morgan fingerprint density at radius 1 is 1.23 bits per heavy atom. The van der Waals surface area contributed by atoms with Crippen molar-refractivity contribution in [3.05, 3.63) is 47.8 Å². The van der Waals surface area contributed by atoms with Gasteiger partial charge in [0.15, 0.2) is 11.5 Å². The summed E-state index contributed by atoms with van der Waals surface area (Å²) >= 11 is -1.33. The number of hydrogen-bond donors (Lipinski definition) is 1. The van der Waals surface area contributed by atoms with E-state index < -0.39 is 17.0 Å². The number of para-hydroxylation sites is 2. The Hall–Kier alpha value is -2.13. The number of pyridine rings is 1. The van der Waals surface area contributed by atoms with Crippen LogP contribution in [0.4, 0.5) is 0 Å². The second-order valence-electron chi connectivity index (χ2n) is 7.84. The van der Waals surface area contributed by atoms with E-state index in [2.05, 4.69) is 15.0 Å². The second kappa shape index (κ2) is 8.93. The molecule has 1 aliphatic heterocycles. The van der Waals surface area contributed by atoms with Gasteiger partial charge in [0.2, 0.25) is 0 Å². The highest BCUT2D eigenvalue weighted by Crippen LogP contribution is 2.27. The fourth-order valence-corrected chi connectivity index (χ4v) is 4.47. The molecule has 1 N–H and O–H groups in total. The third-order valence-electron chi connectivity index (χ3n) is 5.11. The van der Waals surface area contributed by atoms with Crippen LogP contribution in [0.3, 0.4) is 0 Å². The van der Waals surface area contributed by atoms with Crippen LogP contribution in [0.5, 0.6) is 5.75 Å². The van der Waals surface area contributed by atoms with Crippen LogP contribution in [-0.2, 0) is 32.8 Å². The summed E-state index contributed by atoms with van der Waals surface area (Å²) in [4.78, 5) is 12.1. The van der Waals surface area contributed by atoms with Crippen LogP contribution in [0.25, 0.3) is 11.0 Å². The Labute approximate surface area is 179 Å². The fourth-order valence-electron chi connectivity index (χ4n) is 3.41. The van der Waals surface area contributed by atoms with Gasteiger partial charge in [-0.25, -0.2) is 0 Å². The summed E-state index contributed by atoms with van der Waals surface area (Å²) in [5.41, 5.74) is 3.43. The lowest BCUT2D eigenvalue weighted by Gasteiger charge is -2.34. The first-order chi connectivity index (χ1) is 14.4. The molecule has 30 heavy (non-hydrogen) atoms. The number of aromatic amines is 1. The maximum Gasteiger partial charge on any atom is 0.322 e. The zero-order chi connectivity index (χ0) is 21.1. The third kappa shape index (κ3) is 4.78. The molecule has 1 fully saturated rings. The second-order valence-corrected chi connectivity index (χ2v) is 9.20. The number of nitrogens with one attached hydrogen (secondary N) is 1. The van der Waals surface area contributed by atoms with Crippen molar-refractivity contribution in [1.29, 1.82) is 0 Å². The van der Waals surface area contributed by atoms with Crippen LogP contribution in [0.2, 0.25) is 0 Å². The van der Waals surface area contributed by atoms with E-state index in [0.29, 0.717) is 25.0 Å². The van der Waals surface area contributed by atoms with Gasteiger partial charge >= 0.3 is 5.16 Å². The van der Waals surface area contributed by atoms with E-state index >= 15 is 0 Å². The summed E-state index contributed by atoms with van der Waals surface area (Å²) in [6.45, 7) is 7.57. The Kier molecular flexibility index (Phi) is 6.29. The molecular formula is C22H27N3O4S. The predicted octanol–water partition coefficient (Wildman–Crippen LogP) is 3.61. The van der Waals surface area contributed by atoms with Crippen molar-refractivity contribution < 1.29 is 18.8 Å². The minimum absolute atomic E-state index is 0.170. The summed E-state index contributed by atoms with van der Waals surface area (Å²) < 4.78 is 30.4. The van der Waals surface area contributed by atoms with Crippen molar-refractivity contribution >= 4 is 22.2 Å². The van der Waals surface area contributed by atoms with E-state index in [1.165, 1.54) is 0 Å². The predicted molar refractivity (Wildman–Crippen MR) is 115 cm³/mol. The number of hydrogen-bond acceptors (Lipinski definition) is 6. The van der Waals surface area contributed by atoms with Gasteiger partial charge in [-0.1, -0.05) is 19.1 Å². The highest BCUT2D eigenvalue weighted by molar-refractivity contribution is 7.90. The maximum atomic E-state index is 12.9. The molecule has 0 saturated carbocycles. The third-order valence-corrected chi connectivity index (χ3v) is 6.27. The molecule has 1 atom stereocenters. The average Bonchev–Trinajstić information content (AvgIpc) is 3.17.